The van der Waals surface area contributed by atoms with Crippen LogP contribution >= 0.6 is 0 Å². The highest BCUT2D eigenvalue weighted by atomic mass is 15.5. The van der Waals surface area contributed by atoms with Crippen molar-refractivity contribution in [1.29, 1.82) is 0 Å². The summed E-state index contributed by atoms with van der Waals surface area (Å²) in [6, 6.07) is 22.3. The number of rotatable bonds is 3. The third-order valence-electron chi connectivity index (χ3n) is 8.05. The zero-order chi connectivity index (χ0) is 20.7. The van der Waals surface area contributed by atoms with Crippen LogP contribution in [0.4, 0.5) is 22.9 Å². The van der Waals surface area contributed by atoms with Gasteiger partial charge in [-0.1, -0.05) is 64.1 Å². The van der Waals surface area contributed by atoms with Crippen LogP contribution in [0.1, 0.15) is 57.6 Å². The molecule has 2 aliphatic heterocycles. The van der Waals surface area contributed by atoms with E-state index >= 15 is 0 Å². The van der Waals surface area contributed by atoms with Crippen LogP contribution in [0.15, 0.2) is 66.9 Å². The van der Waals surface area contributed by atoms with E-state index < -0.39 is 0 Å². The van der Waals surface area contributed by atoms with Crippen LogP contribution in [0.2, 0.25) is 0 Å². The monoisotopic (exact) mass is 395 g/mol. The van der Waals surface area contributed by atoms with Gasteiger partial charge in [-0.2, -0.15) is 0 Å². The Hall–Kier alpha value is -2.81. The summed E-state index contributed by atoms with van der Waals surface area (Å²) in [6.07, 6.45) is 4.59. The molecule has 0 saturated heterocycles. The molecule has 30 heavy (non-hydrogen) atoms. The van der Waals surface area contributed by atoms with E-state index in [1.165, 1.54) is 41.0 Å². The fourth-order valence-electron chi connectivity index (χ4n) is 6.53. The molecule has 0 bridgehead atoms. The maximum Gasteiger partial charge on any atom is 0.158 e. The first-order chi connectivity index (χ1) is 14.5. The van der Waals surface area contributed by atoms with E-state index in [9.17, 15) is 0 Å². The number of para-hydroxylation sites is 2. The van der Waals surface area contributed by atoms with Gasteiger partial charge in [-0.05, 0) is 54.2 Å². The van der Waals surface area contributed by atoms with Crippen LogP contribution in [-0.4, -0.2) is 11.1 Å². The van der Waals surface area contributed by atoms with E-state index in [-0.39, 0.29) is 17.0 Å². The Morgan fingerprint density at radius 2 is 1.63 bits per heavy atom. The summed E-state index contributed by atoms with van der Waals surface area (Å²) >= 11 is 0. The average Bonchev–Trinajstić information content (AvgIpc) is 3.27. The van der Waals surface area contributed by atoms with Crippen molar-refractivity contribution in [3.8, 4) is 0 Å². The van der Waals surface area contributed by atoms with Crippen molar-refractivity contribution in [3.05, 3.63) is 78.0 Å². The van der Waals surface area contributed by atoms with E-state index in [1.807, 2.05) is 6.20 Å². The molecule has 0 radical (unpaired) electrons. The molecule has 152 valence electrons. The Balaban J connectivity index is 1.65. The largest absolute Gasteiger partial charge is 0.316 e. The Kier molecular flexibility index (Phi) is 3.52. The van der Waals surface area contributed by atoms with E-state index in [0.717, 1.165) is 5.82 Å². The Morgan fingerprint density at radius 1 is 0.933 bits per heavy atom. The fourth-order valence-corrected chi connectivity index (χ4v) is 6.53. The molecule has 6 rings (SSSR count). The summed E-state index contributed by atoms with van der Waals surface area (Å²) in [5.41, 5.74) is 7.22. The molecule has 0 N–H and O–H groups in total. The highest BCUT2D eigenvalue weighted by Crippen LogP contribution is 2.76. The number of benzene rings is 2. The standard InChI is InChI=1S/C27H29N3/c1-5-27-17-26(27,4)25-29(21-13-8-6-11-19(21)18(2)3)23-15-10-16-28-24(23)30(25)22-14-9-7-12-20(22)27/h6-16,18,25H,5,17H2,1-4H3. The second-order valence-electron chi connectivity index (χ2n) is 9.72. The van der Waals surface area contributed by atoms with Gasteiger partial charge >= 0.3 is 0 Å². The van der Waals surface area contributed by atoms with Gasteiger partial charge in [0.25, 0.3) is 0 Å². The Labute approximate surface area is 179 Å². The van der Waals surface area contributed by atoms with E-state index in [0.29, 0.717) is 5.92 Å². The summed E-state index contributed by atoms with van der Waals surface area (Å²) in [4.78, 5) is 10.0. The van der Waals surface area contributed by atoms with Crippen LogP contribution in [0.3, 0.4) is 0 Å². The zero-order valence-electron chi connectivity index (χ0n) is 18.3. The van der Waals surface area contributed by atoms with Crippen LogP contribution in [0.5, 0.6) is 0 Å². The minimum absolute atomic E-state index is 0.181. The molecule has 1 aromatic heterocycles. The average molecular weight is 396 g/mol. The topological polar surface area (TPSA) is 19.4 Å². The lowest BCUT2D eigenvalue weighted by molar-refractivity contribution is 0.351. The number of anilines is 4. The summed E-state index contributed by atoms with van der Waals surface area (Å²) < 4.78 is 0. The van der Waals surface area contributed by atoms with Gasteiger partial charge < -0.3 is 9.80 Å². The highest BCUT2D eigenvalue weighted by Gasteiger charge is 2.74. The highest BCUT2D eigenvalue weighted by molar-refractivity contribution is 5.90. The third kappa shape index (κ3) is 1.98. The van der Waals surface area contributed by atoms with Gasteiger partial charge in [0.2, 0.25) is 0 Å². The summed E-state index contributed by atoms with van der Waals surface area (Å²) in [7, 11) is 0. The van der Waals surface area contributed by atoms with Crippen LogP contribution in [0.25, 0.3) is 0 Å². The van der Waals surface area contributed by atoms with Crippen LogP contribution < -0.4 is 9.80 Å². The lowest BCUT2D eigenvalue weighted by Gasteiger charge is -2.45. The maximum absolute atomic E-state index is 4.91. The van der Waals surface area contributed by atoms with Crippen molar-refractivity contribution in [2.75, 3.05) is 9.80 Å². The molecular weight excluding hydrogens is 366 g/mol. The van der Waals surface area contributed by atoms with Gasteiger partial charge in [0.15, 0.2) is 5.82 Å². The molecule has 3 heteroatoms. The normalized spacial score (nSPS) is 28.1. The van der Waals surface area contributed by atoms with Crippen molar-refractivity contribution in [2.24, 2.45) is 5.41 Å². The van der Waals surface area contributed by atoms with Crippen molar-refractivity contribution in [2.45, 2.75) is 58.0 Å². The number of pyridine rings is 1. The molecular formula is C27H29N3. The first-order valence-electron chi connectivity index (χ1n) is 11.3. The first-order valence-corrected chi connectivity index (χ1v) is 11.3. The van der Waals surface area contributed by atoms with Gasteiger partial charge in [0.1, 0.15) is 6.17 Å². The van der Waals surface area contributed by atoms with Gasteiger partial charge in [-0.25, -0.2) is 4.98 Å². The van der Waals surface area contributed by atoms with Gasteiger partial charge in [0, 0.05) is 28.4 Å². The number of hydrogen-bond donors (Lipinski definition) is 0. The molecule has 3 unspecified atom stereocenters. The van der Waals surface area contributed by atoms with Crippen LogP contribution in [-0.2, 0) is 5.41 Å². The lowest BCUT2D eigenvalue weighted by Crippen LogP contribution is -2.50. The molecule has 1 saturated carbocycles. The first kappa shape index (κ1) is 18.0. The predicted molar refractivity (Wildman–Crippen MR) is 124 cm³/mol. The number of nitrogens with zero attached hydrogens (tertiary/aromatic N) is 3. The van der Waals surface area contributed by atoms with Crippen molar-refractivity contribution in [3.63, 3.8) is 0 Å². The number of aromatic nitrogens is 1. The molecule has 3 atom stereocenters. The second kappa shape index (κ2) is 5.87. The molecule has 3 heterocycles. The van der Waals surface area contributed by atoms with E-state index in [2.05, 4.69) is 98.2 Å². The second-order valence-corrected chi connectivity index (χ2v) is 9.72. The smallest absolute Gasteiger partial charge is 0.158 e. The molecule has 3 aromatic rings. The summed E-state index contributed by atoms with van der Waals surface area (Å²) in [5, 5.41) is 0. The SMILES string of the molecule is CCC12CC1(C)C1N(c3ccccc3C(C)C)c3cccnc3N1c1ccccc12. The Morgan fingerprint density at radius 3 is 2.40 bits per heavy atom. The van der Waals surface area contributed by atoms with E-state index in [1.54, 1.807) is 0 Å². The van der Waals surface area contributed by atoms with Crippen molar-refractivity contribution in [1.82, 2.24) is 4.98 Å². The quantitative estimate of drug-likeness (QED) is 0.481. The molecule has 1 aliphatic carbocycles. The van der Waals surface area contributed by atoms with Gasteiger partial charge in [-0.15, -0.1) is 0 Å². The fraction of sp³-hybridized carbons (Fsp3) is 0.370. The maximum atomic E-state index is 4.91. The summed E-state index contributed by atoms with van der Waals surface area (Å²) in [5.74, 6) is 1.56. The molecule has 2 aromatic carbocycles. The molecule has 1 fully saturated rings. The minimum atomic E-state index is 0.181. The van der Waals surface area contributed by atoms with Gasteiger partial charge in [0.05, 0.1) is 5.69 Å². The van der Waals surface area contributed by atoms with Crippen molar-refractivity contribution < 1.29 is 0 Å². The van der Waals surface area contributed by atoms with E-state index in [4.69, 9.17) is 4.98 Å². The number of fused-ring (bicyclic) bond motifs is 8. The Bertz CT molecular complexity index is 1150. The minimum Gasteiger partial charge on any atom is -0.316 e. The predicted octanol–water partition coefficient (Wildman–Crippen LogP) is 6.89. The lowest BCUT2D eigenvalue weighted by atomic mass is 9.78. The summed E-state index contributed by atoms with van der Waals surface area (Å²) in [6.45, 7) is 9.45. The van der Waals surface area contributed by atoms with Crippen molar-refractivity contribution >= 4 is 22.9 Å². The van der Waals surface area contributed by atoms with Gasteiger partial charge in [-0.3, -0.25) is 0 Å². The molecule has 3 nitrogen and oxygen atoms in total. The zero-order valence-corrected chi connectivity index (χ0v) is 18.3. The third-order valence-corrected chi connectivity index (χ3v) is 8.05. The molecule has 0 amide bonds. The number of hydrogen-bond acceptors (Lipinski definition) is 3. The van der Waals surface area contributed by atoms with Crippen LogP contribution in [0, 0.1) is 5.41 Å². The molecule has 0 spiro atoms. The molecule has 3 aliphatic rings.